The van der Waals surface area contributed by atoms with Crippen LogP contribution in [0.2, 0.25) is 0 Å². The SMILES string of the molecule is CCOC(=O)c1c(CS(=O)(=O)Cc2ccccc2F)n(C2CC2)c2cc(Br)c(O)c(Cn3ccnc3C)c12. The fourth-order valence-corrected chi connectivity index (χ4v) is 6.84. The second-order valence-electron chi connectivity index (χ2n) is 9.45. The highest BCUT2D eigenvalue weighted by Crippen LogP contribution is 2.46. The molecule has 0 amide bonds. The summed E-state index contributed by atoms with van der Waals surface area (Å²) in [5, 5.41) is 11.6. The maximum absolute atomic E-state index is 14.3. The number of halogens is 2. The fourth-order valence-electron chi connectivity index (χ4n) is 4.88. The van der Waals surface area contributed by atoms with Gasteiger partial charge in [0.2, 0.25) is 0 Å². The Morgan fingerprint density at radius 1 is 1.26 bits per heavy atom. The number of nitrogens with zero attached hydrogens (tertiary/aromatic N) is 3. The number of rotatable bonds is 9. The summed E-state index contributed by atoms with van der Waals surface area (Å²) in [6, 6.07) is 7.46. The molecule has 0 unspecified atom stereocenters. The average Bonchev–Trinajstić information content (AvgIpc) is 3.54. The van der Waals surface area contributed by atoms with Gasteiger partial charge in [0.05, 0.1) is 40.2 Å². The molecule has 200 valence electrons. The first-order valence-electron chi connectivity index (χ1n) is 12.3. The van der Waals surface area contributed by atoms with E-state index in [1.165, 1.54) is 18.2 Å². The first-order valence-corrected chi connectivity index (χ1v) is 14.9. The monoisotopic (exact) mass is 603 g/mol. The van der Waals surface area contributed by atoms with Gasteiger partial charge in [-0.05, 0) is 54.8 Å². The van der Waals surface area contributed by atoms with E-state index in [1.807, 2.05) is 16.1 Å². The summed E-state index contributed by atoms with van der Waals surface area (Å²) in [5.41, 5.74) is 1.55. The van der Waals surface area contributed by atoms with Crippen molar-refractivity contribution in [3.63, 3.8) is 0 Å². The number of imidazole rings is 1. The summed E-state index contributed by atoms with van der Waals surface area (Å²) in [4.78, 5) is 17.7. The molecule has 2 heterocycles. The molecule has 2 aromatic heterocycles. The Balaban J connectivity index is 1.74. The first-order chi connectivity index (χ1) is 18.1. The average molecular weight is 604 g/mol. The minimum Gasteiger partial charge on any atom is -0.506 e. The number of phenolic OH excluding ortho intramolecular Hbond substituents is 1. The number of aromatic nitrogens is 3. The summed E-state index contributed by atoms with van der Waals surface area (Å²) in [7, 11) is -3.90. The number of sulfone groups is 1. The third-order valence-electron chi connectivity index (χ3n) is 6.76. The predicted octanol–water partition coefficient (Wildman–Crippen LogP) is 5.43. The van der Waals surface area contributed by atoms with Crippen molar-refractivity contribution in [2.45, 2.75) is 50.8 Å². The molecule has 2 aromatic carbocycles. The highest BCUT2D eigenvalue weighted by atomic mass is 79.9. The van der Waals surface area contributed by atoms with E-state index in [0.29, 0.717) is 32.5 Å². The largest absolute Gasteiger partial charge is 0.506 e. The molecular weight excluding hydrogens is 577 g/mol. The van der Waals surface area contributed by atoms with Crippen LogP contribution >= 0.6 is 15.9 Å². The van der Waals surface area contributed by atoms with E-state index in [4.69, 9.17) is 4.74 Å². The lowest BCUT2D eigenvalue weighted by Gasteiger charge is -2.13. The molecule has 1 aliphatic rings. The molecule has 0 atom stereocenters. The summed E-state index contributed by atoms with van der Waals surface area (Å²) < 4.78 is 50.8. The number of aryl methyl sites for hydroxylation is 1. The van der Waals surface area contributed by atoms with Crippen molar-refractivity contribution < 1.29 is 27.4 Å². The van der Waals surface area contributed by atoms with Gasteiger partial charge in [-0.3, -0.25) is 0 Å². The van der Waals surface area contributed by atoms with Crippen LogP contribution < -0.4 is 0 Å². The maximum Gasteiger partial charge on any atom is 0.340 e. The van der Waals surface area contributed by atoms with Gasteiger partial charge >= 0.3 is 5.97 Å². The predicted molar refractivity (Wildman–Crippen MR) is 144 cm³/mol. The van der Waals surface area contributed by atoms with Gasteiger partial charge in [0.25, 0.3) is 0 Å². The number of hydrogen-bond acceptors (Lipinski definition) is 6. The van der Waals surface area contributed by atoms with Gasteiger partial charge in [-0.25, -0.2) is 22.6 Å². The number of phenols is 1. The Morgan fingerprint density at radius 3 is 2.63 bits per heavy atom. The number of ether oxygens (including phenoxy) is 1. The molecule has 1 fully saturated rings. The number of esters is 1. The standard InChI is InChI=1S/C27H27BrFN3O5S/c1-3-37-27(34)25-23(15-38(35,36)14-17-6-4-5-7-21(17)29)32(18-8-9-18)22-12-20(28)26(33)19(24(22)25)13-31-11-10-30-16(31)2/h4-7,10-12,18,33H,3,8-9,13-15H2,1-2H3. The number of benzene rings is 2. The van der Waals surface area contributed by atoms with Gasteiger partial charge in [-0.15, -0.1) is 0 Å². The number of hydrogen-bond donors (Lipinski definition) is 1. The molecule has 38 heavy (non-hydrogen) atoms. The third-order valence-corrected chi connectivity index (χ3v) is 8.82. The quantitative estimate of drug-likeness (QED) is 0.256. The summed E-state index contributed by atoms with van der Waals surface area (Å²) >= 11 is 3.44. The van der Waals surface area contributed by atoms with Crippen molar-refractivity contribution in [2.75, 3.05) is 6.61 Å². The molecule has 1 saturated carbocycles. The van der Waals surface area contributed by atoms with Gasteiger partial charge in [0.15, 0.2) is 9.84 Å². The minimum atomic E-state index is -3.90. The van der Waals surface area contributed by atoms with Gasteiger partial charge in [0, 0.05) is 40.6 Å². The smallest absolute Gasteiger partial charge is 0.340 e. The molecule has 1 aliphatic carbocycles. The van der Waals surface area contributed by atoms with Crippen molar-refractivity contribution in [1.29, 1.82) is 0 Å². The molecule has 0 saturated heterocycles. The minimum absolute atomic E-state index is 0.00129. The molecule has 1 N–H and O–H groups in total. The third kappa shape index (κ3) is 4.96. The molecule has 4 aromatic rings. The highest BCUT2D eigenvalue weighted by Gasteiger charge is 2.36. The van der Waals surface area contributed by atoms with Crippen molar-refractivity contribution in [2.24, 2.45) is 0 Å². The van der Waals surface area contributed by atoms with Crippen LogP contribution in [0.4, 0.5) is 4.39 Å². The molecule has 0 radical (unpaired) electrons. The molecular formula is C27H27BrFN3O5S. The Kier molecular flexibility index (Phi) is 7.08. The van der Waals surface area contributed by atoms with E-state index < -0.39 is 33.1 Å². The molecule has 5 rings (SSSR count). The van der Waals surface area contributed by atoms with Crippen molar-refractivity contribution in [3.8, 4) is 5.75 Å². The van der Waals surface area contributed by atoms with Crippen LogP contribution in [-0.4, -0.2) is 40.2 Å². The molecule has 0 spiro atoms. The molecule has 8 nitrogen and oxygen atoms in total. The zero-order valence-corrected chi connectivity index (χ0v) is 23.3. The van der Waals surface area contributed by atoms with E-state index in [1.54, 1.807) is 31.5 Å². The van der Waals surface area contributed by atoms with E-state index in [9.17, 15) is 22.7 Å². The number of carbonyl (C=O) groups excluding carboxylic acids is 1. The van der Waals surface area contributed by atoms with Crippen LogP contribution in [-0.2, 0) is 32.6 Å². The lowest BCUT2D eigenvalue weighted by molar-refractivity contribution is 0.0527. The molecule has 0 aliphatic heterocycles. The summed E-state index contributed by atoms with van der Waals surface area (Å²) in [5.74, 6) is -1.60. The van der Waals surface area contributed by atoms with Crippen LogP contribution in [0.15, 0.2) is 47.2 Å². The van der Waals surface area contributed by atoms with Crippen LogP contribution in [0.25, 0.3) is 10.9 Å². The summed E-state index contributed by atoms with van der Waals surface area (Å²) in [6.45, 7) is 3.80. The zero-order chi connectivity index (χ0) is 27.2. The van der Waals surface area contributed by atoms with Crippen molar-refractivity contribution in [1.82, 2.24) is 14.1 Å². The lowest BCUT2D eigenvalue weighted by atomic mass is 10.0. The Bertz CT molecular complexity index is 1660. The second-order valence-corrected chi connectivity index (χ2v) is 12.4. The fraction of sp³-hybridized carbons (Fsp3) is 0.333. The van der Waals surface area contributed by atoms with Crippen LogP contribution in [0.5, 0.6) is 5.75 Å². The van der Waals surface area contributed by atoms with Crippen molar-refractivity contribution in [3.05, 3.63) is 81.2 Å². The Morgan fingerprint density at radius 2 is 2.00 bits per heavy atom. The van der Waals surface area contributed by atoms with Gasteiger partial charge in [0.1, 0.15) is 17.4 Å². The first kappa shape index (κ1) is 26.4. The van der Waals surface area contributed by atoms with Crippen LogP contribution in [0.1, 0.15) is 58.8 Å². The topological polar surface area (TPSA) is 103 Å². The number of carbonyl (C=O) groups is 1. The van der Waals surface area contributed by atoms with Crippen LogP contribution in [0, 0.1) is 12.7 Å². The van der Waals surface area contributed by atoms with E-state index in [2.05, 4.69) is 20.9 Å². The van der Waals surface area contributed by atoms with Gasteiger partial charge < -0.3 is 19.0 Å². The van der Waals surface area contributed by atoms with Gasteiger partial charge in [-0.1, -0.05) is 18.2 Å². The van der Waals surface area contributed by atoms with Gasteiger partial charge in [-0.2, -0.15) is 0 Å². The second kappa shape index (κ2) is 10.2. The lowest BCUT2D eigenvalue weighted by Crippen LogP contribution is -2.16. The maximum atomic E-state index is 14.3. The summed E-state index contributed by atoms with van der Waals surface area (Å²) in [6.07, 6.45) is 5.05. The van der Waals surface area contributed by atoms with E-state index in [-0.39, 0.29) is 36.1 Å². The Labute approximate surface area is 228 Å². The zero-order valence-electron chi connectivity index (χ0n) is 20.9. The van der Waals surface area contributed by atoms with Crippen LogP contribution in [0.3, 0.4) is 0 Å². The molecule has 0 bridgehead atoms. The number of aromatic hydroxyl groups is 1. The van der Waals surface area contributed by atoms with E-state index >= 15 is 0 Å². The highest BCUT2D eigenvalue weighted by molar-refractivity contribution is 9.10. The molecule has 11 heteroatoms. The Hall–Kier alpha value is -3.18. The number of fused-ring (bicyclic) bond motifs is 1. The normalized spacial score (nSPS) is 13.8. The van der Waals surface area contributed by atoms with E-state index in [0.717, 1.165) is 12.8 Å². The van der Waals surface area contributed by atoms with Crippen molar-refractivity contribution >= 4 is 42.6 Å².